The number of thiophene rings is 1. The number of halogens is 1. The van der Waals surface area contributed by atoms with E-state index in [1.54, 1.807) is 24.4 Å². The average molecular weight is 484 g/mol. The van der Waals surface area contributed by atoms with E-state index in [1.807, 2.05) is 17.5 Å². The van der Waals surface area contributed by atoms with Crippen molar-refractivity contribution in [1.82, 2.24) is 9.97 Å². The van der Waals surface area contributed by atoms with E-state index < -0.39 is 11.8 Å². The second kappa shape index (κ2) is 9.68. The summed E-state index contributed by atoms with van der Waals surface area (Å²) in [5.41, 5.74) is 2.08. The Labute approximate surface area is 198 Å². The topological polar surface area (TPSA) is 84.3 Å². The molecule has 3 aromatic heterocycles. The number of pyridine rings is 1. The number of thiazole rings is 1. The molecular weight excluding hydrogens is 461 g/mol. The van der Waals surface area contributed by atoms with Crippen molar-refractivity contribution in [3.8, 4) is 27.4 Å². The van der Waals surface area contributed by atoms with Crippen LogP contribution in [0.3, 0.4) is 0 Å². The van der Waals surface area contributed by atoms with Crippen LogP contribution in [0.5, 0.6) is 5.75 Å². The van der Waals surface area contributed by atoms with Crippen molar-refractivity contribution in [3.05, 3.63) is 64.2 Å². The number of rotatable bonds is 8. The summed E-state index contributed by atoms with van der Waals surface area (Å²) < 4.78 is 19.4. The summed E-state index contributed by atoms with van der Waals surface area (Å²) >= 11 is 2.92. The van der Waals surface area contributed by atoms with Crippen LogP contribution in [0, 0.1) is 11.7 Å². The van der Waals surface area contributed by atoms with Crippen molar-refractivity contribution < 1.29 is 19.0 Å². The summed E-state index contributed by atoms with van der Waals surface area (Å²) in [4.78, 5) is 22.9. The lowest BCUT2D eigenvalue weighted by Gasteiger charge is -2.08. The van der Waals surface area contributed by atoms with Gasteiger partial charge in [0, 0.05) is 27.1 Å². The number of carbonyl (C=O) groups is 1. The molecule has 33 heavy (non-hydrogen) atoms. The number of nitrogens with one attached hydrogen (secondary N) is 1. The third-order valence-corrected chi connectivity index (χ3v) is 6.78. The highest BCUT2D eigenvalue weighted by Crippen LogP contribution is 2.36. The Bertz CT molecular complexity index is 1290. The number of anilines is 2. The molecule has 0 aliphatic heterocycles. The third kappa shape index (κ3) is 5.04. The minimum absolute atomic E-state index is 0.0542. The highest BCUT2D eigenvalue weighted by molar-refractivity contribution is 7.16. The molecular formula is C24H22FN3O3S2. The maximum Gasteiger partial charge on any atom is 0.339 e. The Kier molecular flexibility index (Phi) is 6.71. The molecule has 0 aliphatic rings. The van der Waals surface area contributed by atoms with E-state index in [1.165, 1.54) is 35.8 Å². The van der Waals surface area contributed by atoms with Gasteiger partial charge in [-0.1, -0.05) is 19.9 Å². The summed E-state index contributed by atoms with van der Waals surface area (Å²) in [6, 6.07) is 10.2. The lowest BCUT2D eigenvalue weighted by Crippen LogP contribution is -2.05. The summed E-state index contributed by atoms with van der Waals surface area (Å²) in [6.45, 7) is 4.19. The molecule has 0 bridgehead atoms. The van der Waals surface area contributed by atoms with Gasteiger partial charge in [-0.3, -0.25) is 0 Å². The van der Waals surface area contributed by atoms with Crippen molar-refractivity contribution in [2.45, 2.75) is 20.3 Å². The molecule has 2 N–H and O–H groups in total. The molecule has 6 nitrogen and oxygen atoms in total. The number of carboxylic acid groups (broad SMARTS) is 1. The summed E-state index contributed by atoms with van der Waals surface area (Å²) in [5, 5.41) is 15.2. The summed E-state index contributed by atoms with van der Waals surface area (Å²) in [7, 11) is 1.42. The average Bonchev–Trinajstić information content (AvgIpc) is 3.44. The molecule has 0 unspecified atom stereocenters. The first-order valence-electron chi connectivity index (χ1n) is 10.2. The SMILES string of the molecule is COc1ccc(-c2nc(Nc3ncc(-c4cccs4)cc3C(=O)O)sc2CC(C)C)cc1F. The number of aromatic nitrogens is 2. The molecule has 0 radical (unpaired) electrons. The quantitative estimate of drug-likeness (QED) is 0.289. The number of ether oxygens (including phenoxy) is 1. The number of hydrogen-bond acceptors (Lipinski definition) is 7. The smallest absolute Gasteiger partial charge is 0.339 e. The largest absolute Gasteiger partial charge is 0.494 e. The summed E-state index contributed by atoms with van der Waals surface area (Å²) in [5.74, 6) is -0.816. The molecule has 0 saturated heterocycles. The molecule has 4 rings (SSSR count). The number of methoxy groups -OCH3 is 1. The number of hydrogen-bond donors (Lipinski definition) is 2. The zero-order chi connectivity index (χ0) is 23.5. The van der Waals surface area contributed by atoms with Crippen LogP contribution in [-0.4, -0.2) is 28.2 Å². The lowest BCUT2D eigenvalue weighted by atomic mass is 10.0. The zero-order valence-corrected chi connectivity index (χ0v) is 19.9. The standard InChI is InChI=1S/C24H22FN3O3S2/c1-13(2)9-20-21(14-6-7-18(31-3)17(25)11-14)27-24(33-20)28-22-16(23(29)30)10-15(12-26-22)19-5-4-8-32-19/h4-8,10-13H,9H2,1-3H3,(H,29,30)(H,26,27,28). The van der Waals surface area contributed by atoms with Crippen molar-refractivity contribution in [3.63, 3.8) is 0 Å². The van der Waals surface area contributed by atoms with E-state index in [9.17, 15) is 14.3 Å². The first kappa shape index (κ1) is 22.9. The maximum absolute atomic E-state index is 14.3. The van der Waals surface area contributed by atoms with E-state index in [0.29, 0.717) is 22.3 Å². The predicted octanol–water partition coefficient (Wildman–Crippen LogP) is 6.72. The number of carboxylic acids is 1. The lowest BCUT2D eigenvalue weighted by molar-refractivity contribution is 0.0697. The normalized spacial score (nSPS) is 11.1. The molecule has 0 spiro atoms. The second-order valence-corrected chi connectivity index (χ2v) is 9.80. The Hall–Kier alpha value is -3.30. The molecule has 0 saturated carbocycles. The van der Waals surface area contributed by atoms with Gasteiger partial charge in [-0.2, -0.15) is 0 Å². The van der Waals surface area contributed by atoms with E-state index in [4.69, 9.17) is 4.74 Å². The molecule has 0 fully saturated rings. The molecule has 170 valence electrons. The molecule has 3 heterocycles. The van der Waals surface area contributed by atoms with Gasteiger partial charge >= 0.3 is 5.97 Å². The maximum atomic E-state index is 14.3. The van der Waals surface area contributed by atoms with Crippen LogP contribution in [-0.2, 0) is 6.42 Å². The van der Waals surface area contributed by atoms with Crippen LogP contribution in [0.4, 0.5) is 15.3 Å². The zero-order valence-electron chi connectivity index (χ0n) is 18.3. The first-order chi connectivity index (χ1) is 15.9. The first-order valence-corrected chi connectivity index (χ1v) is 11.9. The van der Waals surface area contributed by atoms with E-state index in [-0.39, 0.29) is 17.1 Å². The van der Waals surface area contributed by atoms with E-state index in [0.717, 1.165) is 21.7 Å². The fourth-order valence-corrected chi connectivity index (χ4v) is 5.26. The minimum Gasteiger partial charge on any atom is -0.494 e. The Morgan fingerprint density at radius 1 is 1.24 bits per heavy atom. The number of nitrogens with zero attached hydrogens (tertiary/aromatic N) is 2. The molecule has 0 amide bonds. The fourth-order valence-electron chi connectivity index (χ4n) is 3.36. The van der Waals surface area contributed by atoms with Gasteiger partial charge in [0.25, 0.3) is 0 Å². The van der Waals surface area contributed by atoms with E-state index in [2.05, 4.69) is 29.1 Å². The Morgan fingerprint density at radius 2 is 2.06 bits per heavy atom. The van der Waals surface area contributed by atoms with Gasteiger partial charge in [0.15, 0.2) is 16.7 Å². The molecule has 4 aromatic rings. The van der Waals surface area contributed by atoms with Crippen LogP contribution in [0.1, 0.15) is 29.1 Å². The predicted molar refractivity (Wildman–Crippen MR) is 130 cm³/mol. The van der Waals surface area contributed by atoms with Gasteiger partial charge in [0.1, 0.15) is 11.4 Å². The van der Waals surface area contributed by atoms with Crippen molar-refractivity contribution in [2.24, 2.45) is 5.92 Å². The number of benzene rings is 1. The van der Waals surface area contributed by atoms with E-state index >= 15 is 0 Å². The third-order valence-electron chi connectivity index (χ3n) is 4.87. The second-order valence-electron chi connectivity index (χ2n) is 7.77. The van der Waals surface area contributed by atoms with Crippen molar-refractivity contribution in [2.75, 3.05) is 12.4 Å². The fraction of sp³-hybridized carbons (Fsp3) is 0.208. The van der Waals surface area contributed by atoms with Gasteiger partial charge in [0.2, 0.25) is 0 Å². The van der Waals surface area contributed by atoms with Crippen LogP contribution in [0.25, 0.3) is 21.7 Å². The van der Waals surface area contributed by atoms with Gasteiger partial charge in [-0.25, -0.2) is 19.2 Å². The van der Waals surface area contributed by atoms with Crippen LogP contribution in [0.15, 0.2) is 48.0 Å². The molecule has 1 aromatic carbocycles. The van der Waals surface area contributed by atoms with Crippen molar-refractivity contribution in [1.29, 1.82) is 0 Å². The molecule has 0 aliphatic carbocycles. The van der Waals surface area contributed by atoms with Gasteiger partial charge in [-0.15, -0.1) is 22.7 Å². The monoisotopic (exact) mass is 483 g/mol. The molecule has 9 heteroatoms. The molecule has 0 atom stereocenters. The highest BCUT2D eigenvalue weighted by atomic mass is 32.1. The van der Waals surface area contributed by atoms with Crippen LogP contribution in [0.2, 0.25) is 0 Å². The Balaban J connectivity index is 1.71. The minimum atomic E-state index is -1.08. The van der Waals surface area contributed by atoms with Crippen LogP contribution < -0.4 is 10.1 Å². The van der Waals surface area contributed by atoms with Crippen molar-refractivity contribution >= 4 is 39.6 Å². The van der Waals surface area contributed by atoms with Gasteiger partial charge in [0.05, 0.1) is 12.8 Å². The van der Waals surface area contributed by atoms with Gasteiger partial charge < -0.3 is 15.2 Å². The summed E-state index contributed by atoms with van der Waals surface area (Å²) in [6.07, 6.45) is 2.39. The number of aromatic carboxylic acids is 1. The van der Waals surface area contributed by atoms with Gasteiger partial charge in [-0.05, 0) is 48.1 Å². The van der Waals surface area contributed by atoms with Crippen LogP contribution >= 0.6 is 22.7 Å². The highest BCUT2D eigenvalue weighted by Gasteiger charge is 2.19. The Morgan fingerprint density at radius 3 is 2.70 bits per heavy atom.